The van der Waals surface area contributed by atoms with E-state index in [2.05, 4.69) is 24.0 Å². The van der Waals surface area contributed by atoms with E-state index in [0.717, 1.165) is 17.5 Å². The number of hydrogen-bond donors (Lipinski definition) is 1. The number of aryl methyl sites for hydroxylation is 1. The lowest BCUT2D eigenvalue weighted by atomic mass is 10.0. The summed E-state index contributed by atoms with van der Waals surface area (Å²) in [6, 6.07) is 10.1. The first-order chi connectivity index (χ1) is 9.15. The summed E-state index contributed by atoms with van der Waals surface area (Å²) >= 11 is 0. The van der Waals surface area contributed by atoms with Gasteiger partial charge in [0.1, 0.15) is 5.69 Å². The summed E-state index contributed by atoms with van der Waals surface area (Å²) in [7, 11) is 0. The molecule has 1 aromatic carbocycles. The highest BCUT2D eigenvalue weighted by Crippen LogP contribution is 2.24. The molecule has 1 aromatic heterocycles. The number of carbonyl (C=O) groups is 1. The third-order valence-electron chi connectivity index (χ3n) is 3.17. The van der Waals surface area contributed by atoms with Gasteiger partial charge in [0.2, 0.25) is 0 Å². The fourth-order valence-electron chi connectivity index (χ4n) is 2.01. The van der Waals surface area contributed by atoms with Gasteiger partial charge in [-0.15, -0.1) is 0 Å². The van der Waals surface area contributed by atoms with Gasteiger partial charge < -0.3 is 5.73 Å². The summed E-state index contributed by atoms with van der Waals surface area (Å²) < 4.78 is 0. The molecule has 0 unspecified atom stereocenters. The molecular weight excluding hydrogens is 236 g/mol. The number of nitrogens with two attached hydrogens (primary N) is 1. The molecule has 0 saturated heterocycles. The Kier molecular flexibility index (Phi) is 3.95. The Hall–Kier alpha value is -2.16. The van der Waals surface area contributed by atoms with Crippen LogP contribution in [0.5, 0.6) is 0 Å². The zero-order valence-corrected chi connectivity index (χ0v) is 11.3. The van der Waals surface area contributed by atoms with E-state index in [4.69, 9.17) is 5.73 Å². The minimum atomic E-state index is -0.0219. The summed E-state index contributed by atoms with van der Waals surface area (Å²) in [6.07, 6.45) is 3.12. The molecule has 0 saturated carbocycles. The third kappa shape index (κ3) is 2.81. The zero-order chi connectivity index (χ0) is 13.8. The third-order valence-corrected chi connectivity index (χ3v) is 3.17. The van der Waals surface area contributed by atoms with Crippen LogP contribution in [0.3, 0.4) is 0 Å². The van der Waals surface area contributed by atoms with E-state index < -0.39 is 0 Å². The maximum atomic E-state index is 11.6. The maximum Gasteiger partial charge on any atom is 0.183 e. The number of benzene rings is 1. The molecule has 2 rings (SSSR count). The Morgan fingerprint density at radius 3 is 2.63 bits per heavy atom. The van der Waals surface area contributed by atoms with Crippen LogP contribution in [-0.2, 0) is 6.42 Å². The minimum Gasteiger partial charge on any atom is -0.397 e. The van der Waals surface area contributed by atoms with E-state index in [9.17, 15) is 4.79 Å². The second-order valence-corrected chi connectivity index (χ2v) is 4.49. The molecule has 3 nitrogen and oxygen atoms in total. The van der Waals surface area contributed by atoms with Crippen molar-refractivity contribution in [2.45, 2.75) is 26.7 Å². The van der Waals surface area contributed by atoms with Crippen molar-refractivity contribution in [3.63, 3.8) is 0 Å². The van der Waals surface area contributed by atoms with Crippen LogP contribution in [-0.4, -0.2) is 10.8 Å². The molecule has 2 N–H and O–H groups in total. The van der Waals surface area contributed by atoms with Crippen LogP contribution in [0.2, 0.25) is 0 Å². The van der Waals surface area contributed by atoms with Gasteiger partial charge in [-0.3, -0.25) is 9.78 Å². The zero-order valence-electron chi connectivity index (χ0n) is 11.3. The fourth-order valence-corrected chi connectivity index (χ4v) is 2.01. The van der Waals surface area contributed by atoms with Crippen molar-refractivity contribution in [3.05, 3.63) is 47.8 Å². The van der Waals surface area contributed by atoms with Gasteiger partial charge in [-0.25, -0.2) is 0 Å². The van der Waals surface area contributed by atoms with Gasteiger partial charge in [0.15, 0.2) is 5.78 Å². The molecule has 19 heavy (non-hydrogen) atoms. The van der Waals surface area contributed by atoms with E-state index >= 15 is 0 Å². The molecule has 0 bridgehead atoms. The van der Waals surface area contributed by atoms with Gasteiger partial charge in [0, 0.05) is 18.2 Å². The first-order valence-electron chi connectivity index (χ1n) is 6.53. The lowest BCUT2D eigenvalue weighted by Crippen LogP contribution is -2.05. The first kappa shape index (κ1) is 13.3. The van der Waals surface area contributed by atoms with Crippen molar-refractivity contribution in [2.24, 2.45) is 0 Å². The number of carbonyl (C=O) groups excluding carboxylic acids is 1. The SMILES string of the molecule is CCC(=O)c1ncc(-c2cccc(CC)c2)cc1N. The normalized spacial score (nSPS) is 10.4. The average Bonchev–Trinajstić information content (AvgIpc) is 2.46. The molecule has 0 fully saturated rings. The molecule has 98 valence electrons. The predicted octanol–water partition coefficient (Wildman–Crippen LogP) is 3.49. The minimum absolute atomic E-state index is 0.0219. The summed E-state index contributed by atoms with van der Waals surface area (Å²) in [5.74, 6) is -0.0219. The van der Waals surface area contributed by atoms with Crippen LogP contribution in [0.25, 0.3) is 11.1 Å². The van der Waals surface area contributed by atoms with Gasteiger partial charge >= 0.3 is 0 Å². The Bertz CT molecular complexity index is 605. The van der Waals surface area contributed by atoms with Crippen LogP contribution in [0.15, 0.2) is 36.5 Å². The molecular formula is C16H18N2O. The number of hydrogen-bond acceptors (Lipinski definition) is 3. The number of pyridine rings is 1. The topological polar surface area (TPSA) is 56.0 Å². The Labute approximate surface area is 113 Å². The van der Waals surface area contributed by atoms with Crippen molar-refractivity contribution < 1.29 is 4.79 Å². The summed E-state index contributed by atoms with van der Waals surface area (Å²) in [5, 5.41) is 0. The van der Waals surface area contributed by atoms with Gasteiger partial charge in [0.05, 0.1) is 5.69 Å². The maximum absolute atomic E-state index is 11.6. The molecule has 2 aromatic rings. The summed E-state index contributed by atoms with van der Waals surface area (Å²) in [5.41, 5.74) is 10.0. The number of nitrogen functional groups attached to an aromatic ring is 1. The van der Waals surface area contributed by atoms with E-state index in [-0.39, 0.29) is 5.78 Å². The van der Waals surface area contributed by atoms with Crippen molar-refractivity contribution >= 4 is 11.5 Å². The molecule has 0 atom stereocenters. The van der Waals surface area contributed by atoms with Crippen molar-refractivity contribution in [1.29, 1.82) is 0 Å². The number of Topliss-reactive ketones (excluding diaryl/α,β-unsaturated/α-hetero) is 1. The standard InChI is InChI=1S/C16H18N2O/c1-3-11-6-5-7-12(8-11)13-9-14(17)16(18-10-13)15(19)4-2/h5-10H,3-4,17H2,1-2H3. The largest absolute Gasteiger partial charge is 0.397 e. The Morgan fingerprint density at radius 1 is 1.21 bits per heavy atom. The highest BCUT2D eigenvalue weighted by atomic mass is 16.1. The first-order valence-corrected chi connectivity index (χ1v) is 6.53. The van der Waals surface area contributed by atoms with Crippen LogP contribution in [0.1, 0.15) is 36.3 Å². The van der Waals surface area contributed by atoms with E-state index in [1.54, 1.807) is 6.20 Å². The fraction of sp³-hybridized carbons (Fsp3) is 0.250. The number of rotatable bonds is 4. The van der Waals surface area contributed by atoms with Crippen LogP contribution in [0, 0.1) is 0 Å². The summed E-state index contributed by atoms with van der Waals surface area (Å²) in [6.45, 7) is 3.93. The second kappa shape index (κ2) is 5.65. The van der Waals surface area contributed by atoms with Crippen molar-refractivity contribution in [3.8, 4) is 11.1 Å². The molecule has 0 radical (unpaired) electrons. The van der Waals surface area contributed by atoms with E-state index in [1.807, 2.05) is 25.1 Å². The molecule has 0 spiro atoms. The van der Waals surface area contributed by atoms with Crippen LogP contribution in [0.4, 0.5) is 5.69 Å². The van der Waals surface area contributed by atoms with Crippen LogP contribution < -0.4 is 5.73 Å². The predicted molar refractivity (Wildman–Crippen MR) is 78.1 cm³/mol. The molecule has 0 aliphatic rings. The summed E-state index contributed by atoms with van der Waals surface area (Å²) in [4.78, 5) is 15.8. The lowest BCUT2D eigenvalue weighted by Gasteiger charge is -2.07. The molecule has 0 aliphatic heterocycles. The highest BCUT2D eigenvalue weighted by Gasteiger charge is 2.10. The number of ketones is 1. The molecule has 0 aliphatic carbocycles. The average molecular weight is 254 g/mol. The van der Waals surface area contributed by atoms with Crippen LogP contribution >= 0.6 is 0 Å². The van der Waals surface area contributed by atoms with Gasteiger partial charge in [-0.2, -0.15) is 0 Å². The van der Waals surface area contributed by atoms with Crippen molar-refractivity contribution in [2.75, 3.05) is 5.73 Å². The Morgan fingerprint density at radius 2 is 2.00 bits per heavy atom. The van der Waals surface area contributed by atoms with Gasteiger partial charge in [0.25, 0.3) is 0 Å². The van der Waals surface area contributed by atoms with Gasteiger partial charge in [-0.1, -0.05) is 38.1 Å². The Balaban J connectivity index is 2.41. The molecule has 1 heterocycles. The quantitative estimate of drug-likeness (QED) is 0.850. The van der Waals surface area contributed by atoms with Crippen molar-refractivity contribution in [1.82, 2.24) is 4.98 Å². The number of aromatic nitrogens is 1. The highest BCUT2D eigenvalue weighted by molar-refractivity contribution is 5.99. The monoisotopic (exact) mass is 254 g/mol. The molecule has 0 amide bonds. The van der Waals surface area contributed by atoms with E-state index in [0.29, 0.717) is 17.8 Å². The lowest BCUT2D eigenvalue weighted by molar-refractivity contribution is 0.0984. The second-order valence-electron chi connectivity index (χ2n) is 4.49. The van der Waals surface area contributed by atoms with E-state index in [1.165, 1.54) is 5.56 Å². The molecule has 3 heteroatoms. The van der Waals surface area contributed by atoms with Gasteiger partial charge in [-0.05, 0) is 23.6 Å². The smallest absolute Gasteiger partial charge is 0.183 e. The number of anilines is 1. The number of nitrogens with zero attached hydrogens (tertiary/aromatic N) is 1.